The number of halogens is 3. The third kappa shape index (κ3) is 18.1. The normalized spacial score (nSPS) is 11.6. The van der Waals surface area contributed by atoms with Gasteiger partial charge in [-0.3, -0.25) is 19.2 Å². The van der Waals surface area contributed by atoms with Gasteiger partial charge in [-0.2, -0.15) is 0 Å². The zero-order valence-corrected chi connectivity index (χ0v) is 38.7. The summed E-state index contributed by atoms with van der Waals surface area (Å²) in [4.78, 5) is 51.1. The molecule has 0 aliphatic rings. The monoisotopic (exact) mass is 990 g/mol. The molecule has 6 aromatic rings. The molecule has 0 radical (unpaired) electrons. The Morgan fingerprint density at radius 3 is 1.21 bits per heavy atom. The molecular weight excluding hydrogens is 938 g/mol. The zero-order valence-electron chi connectivity index (χ0n) is 36.3. The number of benzene rings is 6. The maximum Gasteiger partial charge on any atom is 0.261 e. The standard InChI is InChI=1S/C24H24FN3O4S.C22H18ClFN2O4S.C2H7N.CH4/c1-2-26-33(31,32)21-14-12-20(13-15-21)27-24(30)22(16-17-6-4-3-5-7-17)28-23(29)18-8-10-19(25)11-9-18;23-31(29,30)19-12-10-18(11-13-19)25-22(28)20(14-15-4-2-1-3-5-15)26-21(27)16-6-8-17(24)9-7-16;1-2-3;/h3-15,22,26H,2,16H2,1H3,(H,27,30)(H,28,29);1-13,20H,14H2,(H,25,28)(H,26,27);2-3H2,1H3;1H4/t22-;20-;;/m00../s1. The Morgan fingerprint density at radius 2 is 0.882 bits per heavy atom. The molecule has 0 aliphatic carbocycles. The lowest BCUT2D eigenvalue weighted by Gasteiger charge is -2.19. The SMILES string of the molecule is C.CCN.CCNS(=O)(=O)c1ccc(NC(=O)[C@H](Cc2ccccc2)NC(=O)c2ccc(F)cc2)cc1.O=C(N[C@@H](Cc1ccccc1)C(=O)Nc1ccc(S(=O)(=O)Cl)cc1)c1ccc(F)cc1. The number of hydrogen-bond acceptors (Lipinski definition) is 9. The fraction of sp³-hybridized carbons (Fsp3) is 0.184. The van der Waals surface area contributed by atoms with E-state index < -0.39 is 66.4 Å². The van der Waals surface area contributed by atoms with Crippen LogP contribution in [0.4, 0.5) is 20.2 Å². The van der Waals surface area contributed by atoms with E-state index in [-0.39, 0.29) is 47.7 Å². The summed E-state index contributed by atoms with van der Waals surface area (Å²) in [6, 6.07) is 37.5. The molecule has 14 nitrogen and oxygen atoms in total. The van der Waals surface area contributed by atoms with Crippen molar-refractivity contribution in [2.24, 2.45) is 5.73 Å². The minimum atomic E-state index is -3.88. The number of hydrogen-bond donors (Lipinski definition) is 6. The second-order valence-corrected chi connectivity index (χ2v) is 18.7. The van der Waals surface area contributed by atoms with Gasteiger partial charge in [0.05, 0.1) is 9.79 Å². The van der Waals surface area contributed by atoms with E-state index in [4.69, 9.17) is 16.4 Å². The largest absolute Gasteiger partial charge is 0.340 e. The number of nitrogens with two attached hydrogens (primary N) is 1. The molecule has 68 heavy (non-hydrogen) atoms. The van der Waals surface area contributed by atoms with E-state index in [1.165, 1.54) is 84.9 Å². The Balaban J connectivity index is 0.000000336. The third-order valence-electron chi connectivity index (χ3n) is 9.19. The molecule has 0 unspecified atom stereocenters. The molecule has 0 aromatic heterocycles. The van der Waals surface area contributed by atoms with Crippen LogP contribution < -0.4 is 31.7 Å². The van der Waals surface area contributed by atoms with Gasteiger partial charge in [0.1, 0.15) is 23.7 Å². The van der Waals surface area contributed by atoms with Crippen molar-refractivity contribution in [2.45, 2.75) is 56.0 Å². The summed E-state index contributed by atoms with van der Waals surface area (Å²) in [5, 5.41) is 10.7. The van der Waals surface area contributed by atoms with E-state index >= 15 is 0 Å². The second-order valence-electron chi connectivity index (χ2n) is 14.3. The number of anilines is 2. The maximum absolute atomic E-state index is 13.2. The van der Waals surface area contributed by atoms with Crippen LogP contribution in [0.2, 0.25) is 0 Å². The van der Waals surface area contributed by atoms with Gasteiger partial charge >= 0.3 is 0 Å². The van der Waals surface area contributed by atoms with Crippen LogP contribution in [0.1, 0.15) is 53.1 Å². The highest BCUT2D eigenvalue weighted by Crippen LogP contribution is 2.19. The Hall–Kier alpha value is -6.83. The molecule has 360 valence electrons. The number of carbonyl (C=O) groups is 4. The van der Waals surface area contributed by atoms with Crippen molar-refractivity contribution in [3.63, 3.8) is 0 Å². The summed E-state index contributed by atoms with van der Waals surface area (Å²) >= 11 is 0. The Kier molecular flexibility index (Phi) is 22.1. The van der Waals surface area contributed by atoms with Crippen LogP contribution in [0, 0.1) is 11.6 Å². The molecule has 0 spiro atoms. The van der Waals surface area contributed by atoms with Gasteiger partial charge in [0.2, 0.25) is 21.8 Å². The highest BCUT2D eigenvalue weighted by atomic mass is 35.7. The number of amides is 4. The van der Waals surface area contributed by atoms with E-state index in [1.54, 1.807) is 6.92 Å². The number of nitrogens with one attached hydrogen (secondary N) is 5. The topological polar surface area (TPSA) is 223 Å². The molecule has 0 saturated carbocycles. The molecule has 4 amide bonds. The van der Waals surface area contributed by atoms with Crippen LogP contribution in [-0.2, 0) is 41.5 Å². The summed E-state index contributed by atoms with van der Waals surface area (Å²) in [5.41, 5.74) is 7.66. The van der Waals surface area contributed by atoms with Crippen LogP contribution >= 0.6 is 10.7 Å². The number of carbonyl (C=O) groups excluding carboxylic acids is 4. The zero-order chi connectivity index (χ0) is 49.0. The molecule has 6 rings (SSSR count). The van der Waals surface area contributed by atoms with Gasteiger partial charge in [0.25, 0.3) is 20.9 Å². The Bertz CT molecular complexity index is 2780. The minimum Gasteiger partial charge on any atom is -0.340 e. The molecule has 0 bridgehead atoms. The molecular formula is C49H53ClF2N6O8S2. The van der Waals surface area contributed by atoms with E-state index in [0.717, 1.165) is 29.8 Å². The lowest BCUT2D eigenvalue weighted by atomic mass is 10.0. The summed E-state index contributed by atoms with van der Waals surface area (Å²) < 4.78 is 75.6. The van der Waals surface area contributed by atoms with Crippen molar-refractivity contribution in [3.05, 3.63) is 192 Å². The van der Waals surface area contributed by atoms with Gasteiger partial charge in [-0.25, -0.2) is 30.3 Å². The molecule has 0 heterocycles. The Labute approximate surface area is 400 Å². The summed E-state index contributed by atoms with van der Waals surface area (Å²) in [7, 11) is -2.19. The molecule has 0 saturated heterocycles. The number of rotatable bonds is 16. The van der Waals surface area contributed by atoms with Crippen molar-refractivity contribution in [1.29, 1.82) is 0 Å². The predicted molar refractivity (Wildman–Crippen MR) is 261 cm³/mol. The summed E-state index contributed by atoms with van der Waals surface area (Å²) in [5.74, 6) is -2.96. The lowest BCUT2D eigenvalue weighted by molar-refractivity contribution is -0.118. The quantitative estimate of drug-likeness (QED) is 0.0530. The van der Waals surface area contributed by atoms with Crippen LogP contribution in [0.5, 0.6) is 0 Å². The Morgan fingerprint density at radius 1 is 0.544 bits per heavy atom. The van der Waals surface area contributed by atoms with Gasteiger partial charge in [0.15, 0.2) is 0 Å². The van der Waals surface area contributed by atoms with Gasteiger partial charge in [-0.15, -0.1) is 0 Å². The summed E-state index contributed by atoms with van der Waals surface area (Å²) in [6.45, 7) is 4.59. The molecule has 6 aromatic carbocycles. The molecule has 0 aliphatic heterocycles. The van der Waals surface area contributed by atoms with Crippen molar-refractivity contribution in [1.82, 2.24) is 15.4 Å². The van der Waals surface area contributed by atoms with Crippen LogP contribution in [0.15, 0.2) is 168 Å². The fourth-order valence-corrected chi connectivity index (χ4v) is 7.77. The molecule has 2 atom stereocenters. The minimum absolute atomic E-state index is 0. The van der Waals surface area contributed by atoms with Gasteiger partial charge in [-0.1, -0.05) is 81.9 Å². The van der Waals surface area contributed by atoms with Gasteiger partial charge < -0.3 is 27.0 Å². The van der Waals surface area contributed by atoms with Gasteiger partial charge in [-0.05, 0) is 115 Å². The first-order valence-corrected chi connectivity index (χ1v) is 24.4. The van der Waals surface area contributed by atoms with Crippen LogP contribution in [-0.4, -0.2) is 65.6 Å². The van der Waals surface area contributed by atoms with Crippen molar-refractivity contribution < 1.29 is 44.8 Å². The van der Waals surface area contributed by atoms with Crippen LogP contribution in [0.25, 0.3) is 0 Å². The van der Waals surface area contributed by atoms with Crippen molar-refractivity contribution >= 4 is 64.8 Å². The number of sulfonamides is 1. The molecule has 7 N–H and O–H groups in total. The van der Waals surface area contributed by atoms with E-state index in [2.05, 4.69) is 26.0 Å². The van der Waals surface area contributed by atoms with E-state index in [9.17, 15) is 44.8 Å². The third-order valence-corrected chi connectivity index (χ3v) is 12.1. The fourth-order valence-electron chi connectivity index (χ4n) is 5.95. The first-order chi connectivity index (χ1) is 31.9. The van der Waals surface area contributed by atoms with E-state index in [0.29, 0.717) is 11.4 Å². The average molecular weight is 992 g/mol. The first kappa shape index (κ1) is 55.5. The maximum atomic E-state index is 13.2. The van der Waals surface area contributed by atoms with Crippen molar-refractivity contribution in [3.8, 4) is 0 Å². The average Bonchev–Trinajstić information content (AvgIpc) is 3.30. The van der Waals surface area contributed by atoms with Gasteiger partial charge in [0, 0.05) is 52.6 Å². The first-order valence-electron chi connectivity index (χ1n) is 20.6. The smallest absolute Gasteiger partial charge is 0.261 e. The summed E-state index contributed by atoms with van der Waals surface area (Å²) in [6.07, 6.45) is 0.445. The van der Waals surface area contributed by atoms with Crippen molar-refractivity contribution in [2.75, 3.05) is 23.7 Å². The molecule has 0 fully saturated rings. The highest BCUT2D eigenvalue weighted by Gasteiger charge is 2.24. The second kappa shape index (κ2) is 27.1. The predicted octanol–water partition coefficient (Wildman–Crippen LogP) is 7.44. The molecule has 19 heteroatoms. The van der Waals surface area contributed by atoms with Crippen LogP contribution in [0.3, 0.4) is 0 Å². The lowest BCUT2D eigenvalue weighted by Crippen LogP contribution is -2.45. The highest BCUT2D eigenvalue weighted by molar-refractivity contribution is 8.13. The van der Waals surface area contributed by atoms with E-state index in [1.807, 2.05) is 67.6 Å².